The van der Waals surface area contributed by atoms with E-state index in [1.165, 1.54) is 4.31 Å². The zero-order valence-electron chi connectivity index (χ0n) is 17.8. The number of carbonyl (C=O) groups excluding carboxylic acids is 1. The fourth-order valence-electron chi connectivity index (χ4n) is 3.30. The maximum atomic E-state index is 12.9. The van der Waals surface area contributed by atoms with Gasteiger partial charge in [-0.3, -0.25) is 4.79 Å². The van der Waals surface area contributed by atoms with Crippen LogP contribution < -0.4 is 10.6 Å². The Morgan fingerprint density at radius 2 is 1.69 bits per heavy atom. The van der Waals surface area contributed by atoms with Crippen molar-refractivity contribution in [1.82, 2.24) is 4.31 Å². The number of sulfonamides is 1. The van der Waals surface area contributed by atoms with Crippen LogP contribution in [0, 0.1) is 6.92 Å². The summed E-state index contributed by atoms with van der Waals surface area (Å²) in [5.74, 6) is -0.164. The van der Waals surface area contributed by atoms with Crippen LogP contribution in [0.25, 0.3) is 0 Å². The monoisotopic (exact) mass is 418 g/mol. The molecule has 0 fully saturated rings. The Labute approximate surface area is 174 Å². The van der Waals surface area contributed by atoms with Crippen LogP contribution in [-0.4, -0.2) is 37.8 Å². The number of hydrogen-bond acceptors (Lipinski definition) is 3. The average Bonchev–Trinajstić information content (AvgIpc) is 2.70. The molecule has 158 valence electrons. The van der Waals surface area contributed by atoms with Crippen molar-refractivity contribution >= 4 is 21.6 Å². The molecule has 1 amide bonds. The van der Waals surface area contributed by atoms with Gasteiger partial charge in [0, 0.05) is 24.3 Å². The minimum atomic E-state index is -3.59. The third-order valence-electron chi connectivity index (χ3n) is 5.10. The standard InChI is InChI=1S/C22H31N3O3S/c1-6-25(7-2)29(27,28)21-15-20(14-13-16(21)3)24-22(26)18(5)23-17(4)19-11-9-8-10-12-19/h8-15,17-18,23H,6-7H2,1-5H3,(H,24,26)/p+1/t17-,18+/m1/s1. The van der Waals surface area contributed by atoms with Crippen molar-refractivity contribution in [2.24, 2.45) is 0 Å². The molecule has 0 bridgehead atoms. The highest BCUT2D eigenvalue weighted by Gasteiger charge is 2.25. The van der Waals surface area contributed by atoms with Gasteiger partial charge >= 0.3 is 0 Å². The molecule has 0 aliphatic heterocycles. The first-order chi connectivity index (χ1) is 13.7. The van der Waals surface area contributed by atoms with Gasteiger partial charge in [0.15, 0.2) is 6.04 Å². The first-order valence-corrected chi connectivity index (χ1v) is 11.5. The highest BCUT2D eigenvalue weighted by atomic mass is 32.2. The topological polar surface area (TPSA) is 83.1 Å². The molecule has 0 radical (unpaired) electrons. The zero-order chi connectivity index (χ0) is 21.6. The fourth-order valence-corrected chi connectivity index (χ4v) is 5.01. The number of benzene rings is 2. The Hall–Kier alpha value is -2.22. The molecule has 2 rings (SSSR count). The maximum Gasteiger partial charge on any atom is 0.282 e. The summed E-state index contributed by atoms with van der Waals surface area (Å²) in [7, 11) is -3.59. The molecule has 6 nitrogen and oxygen atoms in total. The molecule has 0 aliphatic rings. The number of nitrogens with two attached hydrogens (primary N) is 1. The molecule has 2 aromatic rings. The van der Waals surface area contributed by atoms with Crippen LogP contribution in [-0.2, 0) is 14.8 Å². The van der Waals surface area contributed by atoms with Crippen molar-refractivity contribution in [1.29, 1.82) is 0 Å². The van der Waals surface area contributed by atoms with Gasteiger partial charge in [0.05, 0.1) is 4.90 Å². The summed E-state index contributed by atoms with van der Waals surface area (Å²) in [5.41, 5.74) is 2.29. The Balaban J connectivity index is 2.14. The van der Waals surface area contributed by atoms with Crippen LogP contribution >= 0.6 is 0 Å². The molecule has 3 N–H and O–H groups in total. The van der Waals surface area contributed by atoms with Crippen molar-refractivity contribution in [2.75, 3.05) is 18.4 Å². The van der Waals surface area contributed by atoms with E-state index in [0.29, 0.717) is 24.3 Å². The zero-order valence-corrected chi connectivity index (χ0v) is 18.7. The van der Waals surface area contributed by atoms with Gasteiger partial charge in [-0.1, -0.05) is 50.2 Å². The molecule has 2 aromatic carbocycles. The summed E-state index contributed by atoms with van der Waals surface area (Å²) >= 11 is 0. The van der Waals surface area contributed by atoms with Crippen LogP contribution in [0.4, 0.5) is 5.69 Å². The molecule has 0 spiro atoms. The van der Waals surface area contributed by atoms with Gasteiger partial charge in [-0.25, -0.2) is 8.42 Å². The number of rotatable bonds is 9. The second-order valence-electron chi connectivity index (χ2n) is 7.24. The van der Waals surface area contributed by atoms with Crippen LogP contribution in [0.15, 0.2) is 53.4 Å². The number of hydrogen-bond donors (Lipinski definition) is 2. The number of carbonyl (C=O) groups is 1. The van der Waals surface area contributed by atoms with E-state index in [0.717, 1.165) is 5.56 Å². The van der Waals surface area contributed by atoms with E-state index in [1.807, 2.05) is 56.4 Å². The first kappa shape index (κ1) is 23.1. The maximum absolute atomic E-state index is 12.9. The normalized spacial score (nSPS) is 13.9. The summed E-state index contributed by atoms with van der Waals surface area (Å²) < 4.78 is 27.2. The highest BCUT2D eigenvalue weighted by Crippen LogP contribution is 2.23. The van der Waals surface area contributed by atoms with Crippen molar-refractivity contribution in [3.05, 3.63) is 59.7 Å². The van der Waals surface area contributed by atoms with Gasteiger partial charge in [0.25, 0.3) is 5.91 Å². The third-order valence-corrected chi connectivity index (χ3v) is 7.29. The molecule has 29 heavy (non-hydrogen) atoms. The van der Waals surface area contributed by atoms with Crippen molar-refractivity contribution in [3.8, 4) is 0 Å². The molecule has 0 saturated carbocycles. The summed E-state index contributed by atoms with van der Waals surface area (Å²) in [5, 5.41) is 4.85. The molecule has 0 aromatic heterocycles. The minimum Gasteiger partial charge on any atom is -0.330 e. The van der Waals surface area contributed by atoms with Crippen molar-refractivity contribution < 1.29 is 18.5 Å². The van der Waals surface area contributed by atoms with E-state index in [-0.39, 0.29) is 22.9 Å². The number of aryl methyl sites for hydroxylation is 1. The predicted octanol–water partition coefficient (Wildman–Crippen LogP) is 2.68. The van der Waals surface area contributed by atoms with Crippen LogP contribution in [0.1, 0.15) is 44.9 Å². The Bertz CT molecular complexity index is 926. The largest absolute Gasteiger partial charge is 0.330 e. The lowest BCUT2D eigenvalue weighted by atomic mass is 10.1. The van der Waals surface area contributed by atoms with Gasteiger partial charge in [-0.05, 0) is 38.5 Å². The molecular weight excluding hydrogens is 386 g/mol. The third kappa shape index (κ3) is 5.65. The lowest BCUT2D eigenvalue weighted by Crippen LogP contribution is -2.91. The summed E-state index contributed by atoms with van der Waals surface area (Å²) in [6.45, 7) is 10.1. The van der Waals surface area contributed by atoms with E-state index in [1.54, 1.807) is 25.1 Å². The summed E-state index contributed by atoms with van der Waals surface area (Å²) in [6.07, 6.45) is 0. The van der Waals surface area contributed by atoms with Gasteiger partial charge in [-0.2, -0.15) is 4.31 Å². The smallest absolute Gasteiger partial charge is 0.282 e. The van der Waals surface area contributed by atoms with Crippen LogP contribution in [0.5, 0.6) is 0 Å². The number of amides is 1. The van der Waals surface area contributed by atoms with E-state index >= 15 is 0 Å². The number of quaternary nitrogens is 1. The van der Waals surface area contributed by atoms with Crippen LogP contribution in [0.2, 0.25) is 0 Å². The van der Waals surface area contributed by atoms with Gasteiger partial charge in [0.1, 0.15) is 6.04 Å². The molecule has 0 saturated heterocycles. The first-order valence-electron chi connectivity index (χ1n) is 10.0. The molecule has 0 unspecified atom stereocenters. The average molecular weight is 419 g/mol. The molecule has 7 heteroatoms. The molecule has 0 aliphatic carbocycles. The lowest BCUT2D eigenvalue weighted by Gasteiger charge is -2.21. The van der Waals surface area contributed by atoms with E-state index < -0.39 is 10.0 Å². The van der Waals surface area contributed by atoms with Gasteiger partial charge < -0.3 is 10.6 Å². The Morgan fingerprint density at radius 3 is 2.28 bits per heavy atom. The van der Waals surface area contributed by atoms with Gasteiger partial charge in [0.2, 0.25) is 10.0 Å². The second-order valence-corrected chi connectivity index (χ2v) is 9.15. The fraction of sp³-hybridized carbons (Fsp3) is 0.409. The quantitative estimate of drug-likeness (QED) is 0.657. The lowest BCUT2D eigenvalue weighted by molar-refractivity contribution is -0.709. The van der Waals surface area contributed by atoms with Crippen LogP contribution in [0.3, 0.4) is 0 Å². The molecule has 2 atom stereocenters. The van der Waals surface area contributed by atoms with Gasteiger partial charge in [-0.15, -0.1) is 0 Å². The van der Waals surface area contributed by atoms with E-state index in [4.69, 9.17) is 0 Å². The Morgan fingerprint density at radius 1 is 1.07 bits per heavy atom. The highest BCUT2D eigenvalue weighted by molar-refractivity contribution is 7.89. The predicted molar refractivity (Wildman–Crippen MR) is 116 cm³/mol. The summed E-state index contributed by atoms with van der Waals surface area (Å²) in [4.78, 5) is 12.9. The number of nitrogens with zero attached hydrogens (tertiary/aromatic N) is 1. The Kier molecular flexibility index (Phi) is 7.96. The number of nitrogens with one attached hydrogen (secondary N) is 1. The second kappa shape index (κ2) is 10.0. The minimum absolute atomic E-state index is 0.133. The van der Waals surface area contributed by atoms with Crippen molar-refractivity contribution in [3.63, 3.8) is 0 Å². The molecule has 0 heterocycles. The molecular formula is C22H32N3O3S+. The summed E-state index contributed by atoms with van der Waals surface area (Å²) in [6, 6.07) is 14.8. The number of anilines is 1. The SMILES string of the molecule is CCN(CC)S(=O)(=O)c1cc(NC(=O)[C@H](C)[NH2+][C@H](C)c2ccccc2)ccc1C. The van der Waals surface area contributed by atoms with Crippen molar-refractivity contribution in [2.45, 2.75) is 51.6 Å². The van der Waals surface area contributed by atoms with E-state index in [2.05, 4.69) is 12.2 Å². The van der Waals surface area contributed by atoms with E-state index in [9.17, 15) is 13.2 Å².